The van der Waals surface area contributed by atoms with E-state index in [1.807, 2.05) is 35.5 Å². The zero-order valence-electron chi connectivity index (χ0n) is 25.0. The predicted molar refractivity (Wildman–Crippen MR) is 161 cm³/mol. The van der Waals surface area contributed by atoms with E-state index >= 15 is 0 Å². The molecule has 42 heavy (non-hydrogen) atoms. The monoisotopic (exact) mass is 572 g/mol. The van der Waals surface area contributed by atoms with Crippen LogP contribution in [0.15, 0.2) is 36.7 Å². The van der Waals surface area contributed by atoms with Gasteiger partial charge in [-0.3, -0.25) is 14.6 Å². The molecule has 0 saturated carbocycles. The van der Waals surface area contributed by atoms with Crippen molar-refractivity contribution in [3.63, 3.8) is 0 Å². The Kier molecular flexibility index (Phi) is 9.70. The molecule has 0 aliphatic carbocycles. The number of amides is 3. The molecule has 0 bridgehead atoms. The van der Waals surface area contributed by atoms with Gasteiger partial charge in [0.05, 0.1) is 24.2 Å². The number of benzene rings is 1. The van der Waals surface area contributed by atoms with Crippen LogP contribution in [0.25, 0.3) is 0 Å². The molecule has 4 heterocycles. The summed E-state index contributed by atoms with van der Waals surface area (Å²) in [6, 6.07) is 9.35. The Hall–Kier alpha value is -3.55. The number of anilines is 1. The second-order valence-corrected chi connectivity index (χ2v) is 12.4. The van der Waals surface area contributed by atoms with Gasteiger partial charge in [0.25, 0.3) is 0 Å². The lowest BCUT2D eigenvalue weighted by Crippen LogP contribution is -2.63. The van der Waals surface area contributed by atoms with E-state index in [2.05, 4.69) is 39.7 Å². The molecule has 10 heteroatoms. The Balaban J connectivity index is 1.18. The molecule has 0 radical (unpaired) electrons. The number of imide groups is 1. The molecule has 3 amide bonds. The van der Waals surface area contributed by atoms with Crippen LogP contribution in [0.3, 0.4) is 0 Å². The van der Waals surface area contributed by atoms with Crippen molar-refractivity contribution in [2.75, 3.05) is 37.6 Å². The molecule has 3 aliphatic heterocycles. The van der Waals surface area contributed by atoms with Crippen molar-refractivity contribution in [2.45, 2.75) is 83.5 Å². The number of carbonyl (C=O) groups excluding carboxylic acids is 2. The highest BCUT2D eigenvalue weighted by molar-refractivity contribution is 5.97. The molecule has 224 valence electrons. The number of rotatable bonds is 9. The molecule has 2 aromatic rings. The van der Waals surface area contributed by atoms with Gasteiger partial charge in [-0.25, -0.2) is 14.8 Å². The average Bonchev–Trinajstić information content (AvgIpc) is 3.00. The van der Waals surface area contributed by atoms with Crippen LogP contribution in [0.4, 0.5) is 10.7 Å². The summed E-state index contributed by atoms with van der Waals surface area (Å²) >= 11 is 0. The van der Waals surface area contributed by atoms with E-state index in [1.165, 1.54) is 4.90 Å². The molecule has 0 spiro atoms. The first kappa shape index (κ1) is 29.9. The molecule has 1 aromatic heterocycles. The van der Waals surface area contributed by atoms with Gasteiger partial charge in [0.2, 0.25) is 11.9 Å². The van der Waals surface area contributed by atoms with Gasteiger partial charge in [-0.1, -0.05) is 26.0 Å². The number of carbonyl (C=O) groups is 2. The third-order valence-corrected chi connectivity index (χ3v) is 9.03. The van der Waals surface area contributed by atoms with Gasteiger partial charge in [-0.2, -0.15) is 5.26 Å². The van der Waals surface area contributed by atoms with E-state index in [4.69, 9.17) is 5.73 Å². The van der Waals surface area contributed by atoms with Crippen LogP contribution >= 0.6 is 0 Å². The Bertz CT molecular complexity index is 1270. The summed E-state index contributed by atoms with van der Waals surface area (Å²) in [6.45, 7) is 8.40. The highest BCUT2D eigenvalue weighted by Crippen LogP contribution is 2.28. The summed E-state index contributed by atoms with van der Waals surface area (Å²) in [5.41, 5.74) is 8.87. The fraction of sp³-hybridized carbons (Fsp3) is 0.594. The molecule has 1 aromatic carbocycles. The van der Waals surface area contributed by atoms with Gasteiger partial charge < -0.3 is 15.5 Å². The summed E-state index contributed by atoms with van der Waals surface area (Å²) in [5, 5.41) is 9.37. The van der Waals surface area contributed by atoms with Gasteiger partial charge in [0.1, 0.15) is 0 Å². The third-order valence-electron chi connectivity index (χ3n) is 9.03. The lowest BCUT2D eigenvalue weighted by Gasteiger charge is -2.47. The van der Waals surface area contributed by atoms with Crippen molar-refractivity contribution in [1.82, 2.24) is 24.7 Å². The van der Waals surface area contributed by atoms with Crippen LogP contribution in [-0.2, 0) is 11.3 Å². The van der Waals surface area contributed by atoms with Gasteiger partial charge in [-0.05, 0) is 73.6 Å². The standard InChI is InChI=1S/C32H44N8O2/c1-23(2)27-19-35-31(36-20-27)37-14-10-24(11-15-37)8-4-13-39-30(41)17-29(38-12-5-9-28(34)22-38)40(32(39)42)21-26-7-3-6-25(16-26)18-33/h3,6-7,16,19-20,23-24,28-29H,4-5,8-15,17,21-22,34H2,1-2H3. The van der Waals surface area contributed by atoms with Crippen LogP contribution in [0, 0.1) is 17.2 Å². The first-order valence-corrected chi connectivity index (χ1v) is 15.5. The maximum Gasteiger partial charge on any atom is 0.328 e. The number of nitrogens with two attached hydrogens (primary N) is 1. The maximum absolute atomic E-state index is 13.9. The van der Waals surface area contributed by atoms with E-state index < -0.39 is 0 Å². The second kappa shape index (κ2) is 13.6. The van der Waals surface area contributed by atoms with E-state index in [0.29, 0.717) is 37.0 Å². The normalized spacial score (nSPS) is 22.6. The number of urea groups is 1. The molecule has 10 nitrogen and oxygen atoms in total. The number of hydrogen-bond acceptors (Lipinski definition) is 8. The summed E-state index contributed by atoms with van der Waals surface area (Å²) in [6.07, 6.45) is 9.59. The highest BCUT2D eigenvalue weighted by Gasteiger charge is 2.42. The average molecular weight is 573 g/mol. The Morgan fingerprint density at radius 2 is 1.86 bits per heavy atom. The summed E-state index contributed by atoms with van der Waals surface area (Å²) in [5.74, 6) is 1.66. The van der Waals surface area contributed by atoms with Crippen LogP contribution in [0.1, 0.15) is 81.4 Å². The number of piperidine rings is 2. The number of nitriles is 1. The molecule has 3 saturated heterocycles. The first-order valence-electron chi connectivity index (χ1n) is 15.5. The molecule has 2 atom stereocenters. The molecule has 3 fully saturated rings. The van der Waals surface area contributed by atoms with Gasteiger partial charge in [-0.15, -0.1) is 0 Å². The zero-order valence-corrected chi connectivity index (χ0v) is 25.0. The van der Waals surface area contributed by atoms with Crippen molar-refractivity contribution in [2.24, 2.45) is 11.7 Å². The lowest BCUT2D eigenvalue weighted by molar-refractivity contribution is -0.137. The first-order chi connectivity index (χ1) is 20.3. The molecule has 2 unspecified atom stereocenters. The number of hydrogen-bond donors (Lipinski definition) is 1. The van der Waals surface area contributed by atoms with Crippen LogP contribution in [0.5, 0.6) is 0 Å². The highest BCUT2D eigenvalue weighted by atomic mass is 16.2. The largest absolute Gasteiger partial charge is 0.341 e. The van der Waals surface area contributed by atoms with Gasteiger partial charge in [0.15, 0.2) is 0 Å². The Morgan fingerprint density at radius 1 is 1.10 bits per heavy atom. The van der Waals surface area contributed by atoms with Crippen molar-refractivity contribution in [1.29, 1.82) is 5.26 Å². The Labute approximate surface area is 249 Å². The van der Waals surface area contributed by atoms with Crippen molar-refractivity contribution < 1.29 is 9.59 Å². The summed E-state index contributed by atoms with van der Waals surface area (Å²) < 4.78 is 0. The van der Waals surface area contributed by atoms with Gasteiger partial charge in [0, 0.05) is 57.7 Å². The van der Waals surface area contributed by atoms with E-state index in [9.17, 15) is 14.9 Å². The van der Waals surface area contributed by atoms with Crippen LogP contribution < -0.4 is 10.6 Å². The van der Waals surface area contributed by atoms with E-state index in [0.717, 1.165) is 75.2 Å². The minimum absolute atomic E-state index is 0.0446. The SMILES string of the molecule is CC(C)c1cnc(N2CCC(CCCN3C(=O)CC(N4CCCC(N)C4)N(Cc4cccc(C#N)c4)C3=O)CC2)nc1. The maximum atomic E-state index is 13.9. The Morgan fingerprint density at radius 3 is 2.55 bits per heavy atom. The fourth-order valence-corrected chi connectivity index (χ4v) is 6.48. The number of aromatic nitrogens is 2. The van der Waals surface area contributed by atoms with Crippen molar-refractivity contribution in [3.05, 3.63) is 53.3 Å². The number of likely N-dealkylation sites (tertiary alicyclic amines) is 1. The van der Waals surface area contributed by atoms with E-state index in [1.54, 1.807) is 6.07 Å². The molecular formula is C32H44N8O2. The minimum atomic E-state index is -0.320. The smallest absolute Gasteiger partial charge is 0.328 e. The lowest BCUT2D eigenvalue weighted by atomic mass is 9.92. The predicted octanol–water partition coefficient (Wildman–Crippen LogP) is 4.07. The topological polar surface area (TPSA) is 123 Å². The number of nitrogens with zero attached hydrogens (tertiary/aromatic N) is 7. The summed E-state index contributed by atoms with van der Waals surface area (Å²) in [7, 11) is 0. The minimum Gasteiger partial charge on any atom is -0.341 e. The molecule has 5 rings (SSSR count). The molecule has 3 aliphatic rings. The second-order valence-electron chi connectivity index (χ2n) is 12.4. The van der Waals surface area contributed by atoms with Gasteiger partial charge >= 0.3 is 6.03 Å². The van der Waals surface area contributed by atoms with E-state index in [-0.39, 0.29) is 30.6 Å². The zero-order chi connectivity index (χ0) is 29.6. The van der Waals surface area contributed by atoms with Crippen LogP contribution in [0.2, 0.25) is 0 Å². The summed E-state index contributed by atoms with van der Waals surface area (Å²) in [4.78, 5) is 44.1. The van der Waals surface area contributed by atoms with Crippen molar-refractivity contribution in [3.8, 4) is 6.07 Å². The fourth-order valence-electron chi connectivity index (χ4n) is 6.48. The quantitative estimate of drug-likeness (QED) is 0.477. The molecular weight excluding hydrogens is 528 g/mol. The third kappa shape index (κ3) is 7.08. The van der Waals surface area contributed by atoms with Crippen molar-refractivity contribution >= 4 is 17.9 Å². The van der Waals surface area contributed by atoms with Crippen LogP contribution in [-0.4, -0.2) is 81.5 Å². The molecule has 2 N–H and O–H groups in total.